The average Bonchev–Trinajstić information content (AvgIpc) is 3.30. The molecule has 0 bridgehead atoms. The van der Waals surface area contributed by atoms with Gasteiger partial charge in [-0.2, -0.15) is 30.4 Å². The zero-order valence-electron chi connectivity index (χ0n) is 35.6. The molecule has 25 heteroatoms. The smallest absolute Gasteiger partial charge is 0.296 e. The van der Waals surface area contributed by atoms with E-state index in [0.717, 1.165) is 12.1 Å². The van der Waals surface area contributed by atoms with Crippen molar-refractivity contribution in [1.29, 1.82) is 0 Å². The Hall–Kier alpha value is -7.94. The molecule has 1 amide bonds. The number of aromatic hydroxyl groups is 1. The molecule has 0 aromatic heterocycles. The minimum atomic E-state index is -5.01. The number of azo groups is 3. The first kappa shape index (κ1) is 48.0. The lowest BCUT2D eigenvalue weighted by Crippen LogP contribution is -2.11. The van der Waals surface area contributed by atoms with E-state index in [1.54, 1.807) is 30.3 Å². The van der Waals surface area contributed by atoms with E-state index >= 15 is 0 Å². The van der Waals surface area contributed by atoms with E-state index in [2.05, 4.69) is 36.0 Å². The van der Waals surface area contributed by atoms with E-state index < -0.39 is 62.4 Å². The van der Waals surface area contributed by atoms with Gasteiger partial charge in [-0.1, -0.05) is 24.3 Å². The Morgan fingerprint density at radius 2 is 1.01 bits per heavy atom. The Kier molecular flexibility index (Phi) is 13.5. The number of benzene rings is 7. The highest BCUT2D eigenvalue weighted by Gasteiger charge is 2.24. The normalized spacial score (nSPS) is 12.3. The van der Waals surface area contributed by atoms with Crippen LogP contribution in [0.2, 0.25) is 0 Å². The number of hydrogen-bond donors (Lipinski definition) is 5. The molecule has 7 rings (SSSR count). The number of ether oxygens (including phenoxy) is 4. The lowest BCUT2D eigenvalue weighted by Gasteiger charge is -2.12. The minimum Gasteiger partial charge on any atom is -0.505 e. The fraction of sp³-hybridized carbons (Fsp3) is 0.0930. The van der Waals surface area contributed by atoms with Crippen LogP contribution in [0.4, 0.5) is 39.8 Å². The maximum Gasteiger partial charge on any atom is 0.296 e. The first-order valence-electron chi connectivity index (χ1n) is 19.2. The van der Waals surface area contributed by atoms with Crippen molar-refractivity contribution in [2.45, 2.75) is 14.7 Å². The van der Waals surface area contributed by atoms with Gasteiger partial charge in [0.25, 0.3) is 36.3 Å². The Morgan fingerprint density at radius 3 is 1.51 bits per heavy atom. The number of phenols is 1. The topological polar surface area (TPSA) is 324 Å². The van der Waals surface area contributed by atoms with Crippen molar-refractivity contribution < 1.29 is 67.8 Å². The maximum atomic E-state index is 12.7. The van der Waals surface area contributed by atoms with Gasteiger partial charge in [0.15, 0.2) is 5.75 Å². The van der Waals surface area contributed by atoms with Crippen molar-refractivity contribution in [3.05, 3.63) is 115 Å². The molecule has 22 nitrogen and oxygen atoms in total. The Morgan fingerprint density at radius 1 is 0.500 bits per heavy atom. The van der Waals surface area contributed by atoms with Crippen molar-refractivity contribution in [3.63, 3.8) is 0 Å². The van der Waals surface area contributed by atoms with E-state index in [-0.39, 0.29) is 78.7 Å². The molecule has 5 N–H and O–H groups in total. The van der Waals surface area contributed by atoms with Crippen molar-refractivity contribution in [1.82, 2.24) is 0 Å². The highest BCUT2D eigenvalue weighted by Crippen LogP contribution is 2.46. The monoisotopic (exact) mass is 985 g/mol. The number of hydrogen-bond acceptors (Lipinski definition) is 18. The maximum absolute atomic E-state index is 12.7. The lowest BCUT2D eigenvalue weighted by molar-refractivity contribution is 0.102. The molecule has 0 fully saturated rings. The number of nitrogens with one attached hydrogen (secondary N) is 1. The first-order chi connectivity index (χ1) is 32.2. The summed E-state index contributed by atoms with van der Waals surface area (Å²) in [5.41, 5.74) is 0.430. The van der Waals surface area contributed by atoms with Crippen LogP contribution in [-0.4, -0.2) is 78.4 Å². The Labute approximate surface area is 386 Å². The average molecular weight is 986 g/mol. The summed E-state index contributed by atoms with van der Waals surface area (Å²) in [4.78, 5) is 10.4. The van der Waals surface area contributed by atoms with Crippen LogP contribution in [0.5, 0.6) is 28.7 Å². The Bertz CT molecular complexity index is 3610. The lowest BCUT2D eigenvalue weighted by atomic mass is 10.1. The molecule has 0 aliphatic heterocycles. The third kappa shape index (κ3) is 10.4. The number of fused-ring (bicyclic) bond motifs is 2. The molecule has 68 heavy (non-hydrogen) atoms. The number of nitrogens with zero attached hydrogens (tertiary/aromatic N) is 6. The van der Waals surface area contributed by atoms with Gasteiger partial charge >= 0.3 is 0 Å². The minimum absolute atomic E-state index is 0.0273. The van der Waals surface area contributed by atoms with Crippen LogP contribution < -0.4 is 24.3 Å². The zero-order valence-corrected chi connectivity index (χ0v) is 38.0. The largest absolute Gasteiger partial charge is 0.505 e. The fourth-order valence-electron chi connectivity index (χ4n) is 6.59. The molecule has 7 aromatic carbocycles. The molecule has 350 valence electrons. The molecule has 0 radical (unpaired) electrons. The van der Waals surface area contributed by atoms with Crippen molar-refractivity contribution in [2.24, 2.45) is 30.7 Å². The molecule has 0 heterocycles. The second kappa shape index (κ2) is 19.1. The van der Waals surface area contributed by atoms with Crippen molar-refractivity contribution in [2.75, 3.05) is 33.8 Å². The first-order valence-corrected chi connectivity index (χ1v) is 23.5. The standard InChI is InChI=1S/C43H35N7O15S3/c1-62-35-20-32(36(63-2)19-31(35)46-45-27-11-10-24-15-28(66(53,54)55)18-39(30(24)17-27)67(56,57)58)47-48-33-21-38(65-4)34(22-37(33)64-3)49-50-41-40(68(59,60)61)16-25-14-26(12-13-29(25)42(41)51)44-43(52)23-8-6-5-7-9-23/h5-22,51H,1-4H3,(H,44,52)(H,53,54,55)(H,56,57,58)(H,59,60,61). The van der Waals surface area contributed by atoms with Crippen LogP contribution in [-0.2, 0) is 30.4 Å². The predicted octanol–water partition coefficient (Wildman–Crippen LogP) is 9.97. The molecule has 0 spiro atoms. The molecule has 0 atom stereocenters. The highest BCUT2D eigenvalue weighted by molar-refractivity contribution is 7.87. The van der Waals surface area contributed by atoms with Crippen LogP contribution in [0.15, 0.2) is 155 Å². The molecule has 0 saturated carbocycles. The highest BCUT2D eigenvalue weighted by atomic mass is 32.2. The van der Waals surface area contributed by atoms with Crippen LogP contribution in [0, 0.1) is 0 Å². The zero-order chi connectivity index (χ0) is 49.1. The fourth-order valence-corrected chi connectivity index (χ4v) is 8.60. The van der Waals surface area contributed by atoms with E-state index in [0.29, 0.717) is 11.6 Å². The van der Waals surface area contributed by atoms with Gasteiger partial charge in [-0.3, -0.25) is 18.5 Å². The summed E-state index contributed by atoms with van der Waals surface area (Å²) in [7, 11) is -9.49. The number of rotatable bonds is 15. The van der Waals surface area contributed by atoms with E-state index in [1.165, 1.54) is 89.1 Å². The molecular weight excluding hydrogens is 951 g/mol. The van der Waals surface area contributed by atoms with Gasteiger partial charge < -0.3 is 29.4 Å². The van der Waals surface area contributed by atoms with E-state index in [4.69, 9.17) is 18.9 Å². The summed E-state index contributed by atoms with van der Waals surface area (Å²) in [6, 6.07) is 24.8. The van der Waals surface area contributed by atoms with Gasteiger partial charge in [0.05, 0.1) is 39.0 Å². The van der Waals surface area contributed by atoms with Crippen molar-refractivity contribution >= 4 is 97.6 Å². The number of methoxy groups -OCH3 is 4. The van der Waals surface area contributed by atoms with E-state index in [1.807, 2.05) is 0 Å². The molecule has 7 aromatic rings. The summed E-state index contributed by atoms with van der Waals surface area (Å²) in [6.07, 6.45) is 0. The number of amides is 1. The second-order valence-electron chi connectivity index (χ2n) is 14.1. The van der Waals surface area contributed by atoms with Gasteiger partial charge in [-0.05, 0) is 71.4 Å². The number of carbonyl (C=O) groups excluding carboxylic acids is 1. The SMILES string of the molecule is COc1cc(N=Nc2cc(OC)c(N=Nc3c(S(=O)(=O)O)cc4cc(NC(=O)c5ccccc5)ccc4c3O)cc2OC)c(OC)cc1N=Nc1ccc2cc(S(=O)(=O)O)cc(S(=O)(=O)O)c2c1. The third-order valence-electron chi connectivity index (χ3n) is 9.83. The van der Waals surface area contributed by atoms with Gasteiger partial charge in [-0.25, -0.2) is 0 Å². The van der Waals surface area contributed by atoms with Crippen LogP contribution in [0.25, 0.3) is 21.5 Å². The van der Waals surface area contributed by atoms with Crippen molar-refractivity contribution in [3.8, 4) is 28.7 Å². The van der Waals surface area contributed by atoms with Crippen LogP contribution in [0.1, 0.15) is 10.4 Å². The van der Waals surface area contributed by atoms with E-state index in [9.17, 15) is 48.8 Å². The molecule has 0 saturated heterocycles. The summed E-state index contributed by atoms with van der Waals surface area (Å²) in [5, 5.41) is 39.2. The summed E-state index contributed by atoms with van der Waals surface area (Å²) >= 11 is 0. The van der Waals surface area contributed by atoms with Gasteiger partial charge in [0.1, 0.15) is 61.2 Å². The number of anilines is 1. The van der Waals surface area contributed by atoms with Gasteiger partial charge in [0, 0.05) is 46.3 Å². The number of phenolic OH excluding ortho intramolecular Hbond substituents is 1. The molecular formula is C43H35N7O15S3. The van der Waals surface area contributed by atoms with Crippen LogP contribution in [0.3, 0.4) is 0 Å². The molecule has 0 unspecified atom stereocenters. The number of carbonyl (C=O) groups is 1. The van der Waals surface area contributed by atoms with Gasteiger partial charge in [-0.15, -0.1) is 25.6 Å². The predicted molar refractivity (Wildman–Crippen MR) is 245 cm³/mol. The van der Waals surface area contributed by atoms with Gasteiger partial charge in [0.2, 0.25) is 0 Å². The second-order valence-corrected chi connectivity index (χ2v) is 18.3. The quantitative estimate of drug-likeness (QED) is 0.0471. The molecule has 0 aliphatic carbocycles. The summed E-state index contributed by atoms with van der Waals surface area (Å²) in [5.74, 6) is -0.718. The third-order valence-corrected chi connectivity index (χ3v) is 12.4. The summed E-state index contributed by atoms with van der Waals surface area (Å²) in [6.45, 7) is 0. The summed E-state index contributed by atoms with van der Waals surface area (Å²) < 4.78 is 125. The van der Waals surface area contributed by atoms with Crippen LogP contribution >= 0.6 is 0 Å². The Balaban J connectivity index is 1.18. The molecule has 0 aliphatic rings.